The molecular formula is C28H30N2O5. The normalized spacial score (nSPS) is 18.6. The van der Waals surface area contributed by atoms with Crippen molar-refractivity contribution in [3.8, 4) is 23.5 Å². The fraction of sp³-hybridized carbons (Fsp3) is 0.393. The molecule has 0 aliphatic heterocycles. The Morgan fingerprint density at radius 1 is 1.03 bits per heavy atom. The zero-order valence-electron chi connectivity index (χ0n) is 19.6. The van der Waals surface area contributed by atoms with Crippen LogP contribution in [0.2, 0.25) is 0 Å². The zero-order chi connectivity index (χ0) is 24.8. The highest BCUT2D eigenvalue weighted by Crippen LogP contribution is 2.44. The highest BCUT2D eigenvalue weighted by Gasteiger charge is 2.35. The van der Waals surface area contributed by atoms with Crippen molar-refractivity contribution in [3.63, 3.8) is 0 Å². The van der Waals surface area contributed by atoms with Crippen LogP contribution in [0.5, 0.6) is 0 Å². The van der Waals surface area contributed by atoms with Crippen molar-refractivity contribution in [1.29, 1.82) is 0 Å². The van der Waals surface area contributed by atoms with Gasteiger partial charge in [-0.1, -0.05) is 67.3 Å². The Labute approximate surface area is 205 Å². The van der Waals surface area contributed by atoms with Crippen molar-refractivity contribution in [2.24, 2.45) is 11.8 Å². The number of amides is 2. The van der Waals surface area contributed by atoms with Crippen LogP contribution >= 0.6 is 0 Å². The Morgan fingerprint density at radius 3 is 2.29 bits per heavy atom. The molecule has 182 valence electrons. The monoisotopic (exact) mass is 474 g/mol. The summed E-state index contributed by atoms with van der Waals surface area (Å²) in [6.07, 6.45) is 8.08. The van der Waals surface area contributed by atoms with Gasteiger partial charge in [0.25, 0.3) is 0 Å². The van der Waals surface area contributed by atoms with E-state index in [9.17, 15) is 14.4 Å². The average molecular weight is 475 g/mol. The minimum absolute atomic E-state index is 0.0227. The SMILES string of the molecule is C#CCN(CC(=O)O)C(=O)[C@@H]1CCCC[C@@H]1CNC(=O)OCC1c2ccccc2-c2ccccc21. The number of hydrogen-bond acceptors (Lipinski definition) is 4. The lowest BCUT2D eigenvalue weighted by Crippen LogP contribution is -2.45. The van der Waals surface area contributed by atoms with E-state index in [-0.39, 0.29) is 36.8 Å². The molecule has 2 aliphatic carbocycles. The number of nitrogens with one attached hydrogen (secondary N) is 1. The molecule has 0 saturated heterocycles. The lowest BCUT2D eigenvalue weighted by Gasteiger charge is -2.33. The molecule has 0 unspecified atom stereocenters. The van der Waals surface area contributed by atoms with Crippen LogP contribution in [-0.4, -0.2) is 54.2 Å². The van der Waals surface area contributed by atoms with Gasteiger partial charge in [-0.05, 0) is 41.0 Å². The number of rotatable bonds is 8. The zero-order valence-corrected chi connectivity index (χ0v) is 19.6. The number of benzene rings is 2. The highest BCUT2D eigenvalue weighted by atomic mass is 16.5. The van der Waals surface area contributed by atoms with Crippen LogP contribution in [0.15, 0.2) is 48.5 Å². The first-order valence-electron chi connectivity index (χ1n) is 12.0. The van der Waals surface area contributed by atoms with Gasteiger partial charge >= 0.3 is 12.1 Å². The number of carboxylic acid groups (broad SMARTS) is 1. The summed E-state index contributed by atoms with van der Waals surface area (Å²) >= 11 is 0. The topological polar surface area (TPSA) is 95.9 Å². The van der Waals surface area contributed by atoms with Crippen LogP contribution in [-0.2, 0) is 14.3 Å². The van der Waals surface area contributed by atoms with Gasteiger partial charge in [-0.25, -0.2) is 4.79 Å². The molecule has 1 fully saturated rings. The molecule has 7 nitrogen and oxygen atoms in total. The van der Waals surface area contributed by atoms with Crippen LogP contribution in [0.3, 0.4) is 0 Å². The minimum atomic E-state index is -1.10. The van der Waals surface area contributed by atoms with Crippen molar-refractivity contribution in [3.05, 3.63) is 59.7 Å². The van der Waals surface area contributed by atoms with Crippen molar-refractivity contribution in [2.75, 3.05) is 26.2 Å². The molecule has 0 heterocycles. The van der Waals surface area contributed by atoms with Crippen LogP contribution < -0.4 is 5.32 Å². The maximum Gasteiger partial charge on any atom is 0.407 e. The van der Waals surface area contributed by atoms with Crippen molar-refractivity contribution < 1.29 is 24.2 Å². The second-order valence-electron chi connectivity index (χ2n) is 9.15. The summed E-state index contributed by atoms with van der Waals surface area (Å²) in [5, 5.41) is 12.0. The Morgan fingerprint density at radius 2 is 1.66 bits per heavy atom. The number of hydrogen-bond donors (Lipinski definition) is 2. The van der Waals surface area contributed by atoms with Crippen molar-refractivity contribution in [2.45, 2.75) is 31.6 Å². The molecule has 7 heteroatoms. The fourth-order valence-corrected chi connectivity index (χ4v) is 5.36. The molecule has 2 N–H and O–H groups in total. The predicted octanol–water partition coefficient (Wildman–Crippen LogP) is 3.88. The molecule has 0 spiro atoms. The van der Waals surface area contributed by atoms with Gasteiger partial charge in [-0.3, -0.25) is 9.59 Å². The summed E-state index contributed by atoms with van der Waals surface area (Å²) in [6, 6.07) is 16.3. The number of alkyl carbamates (subject to hydrolysis) is 1. The Hall–Kier alpha value is -3.79. The van der Waals surface area contributed by atoms with Crippen LogP contribution in [0.1, 0.15) is 42.7 Å². The van der Waals surface area contributed by atoms with Gasteiger partial charge in [0, 0.05) is 18.4 Å². The van der Waals surface area contributed by atoms with E-state index in [1.54, 1.807) is 0 Å². The lowest BCUT2D eigenvalue weighted by atomic mass is 9.78. The number of terminal acetylenes is 1. The van der Waals surface area contributed by atoms with Crippen molar-refractivity contribution in [1.82, 2.24) is 10.2 Å². The number of fused-ring (bicyclic) bond motifs is 3. The second kappa shape index (κ2) is 11.1. The molecule has 0 radical (unpaired) electrons. The van der Waals surface area contributed by atoms with Gasteiger partial charge in [-0.2, -0.15) is 0 Å². The number of carbonyl (C=O) groups excluding carboxylic acids is 2. The van der Waals surface area contributed by atoms with E-state index >= 15 is 0 Å². The number of nitrogens with zero attached hydrogens (tertiary/aromatic N) is 1. The van der Waals surface area contributed by atoms with E-state index in [0.717, 1.165) is 30.4 Å². The summed E-state index contributed by atoms with van der Waals surface area (Å²) in [4.78, 5) is 38.0. The number of carboxylic acids is 1. The van der Waals surface area contributed by atoms with E-state index in [1.165, 1.54) is 16.0 Å². The molecule has 2 aromatic rings. The van der Waals surface area contributed by atoms with Crippen LogP contribution in [0, 0.1) is 24.2 Å². The Balaban J connectivity index is 1.35. The summed E-state index contributed by atoms with van der Waals surface area (Å²) < 4.78 is 5.62. The third-order valence-electron chi connectivity index (χ3n) is 7.00. The summed E-state index contributed by atoms with van der Waals surface area (Å²) in [5.41, 5.74) is 4.62. The smallest absolute Gasteiger partial charge is 0.407 e. The first-order chi connectivity index (χ1) is 17.0. The lowest BCUT2D eigenvalue weighted by molar-refractivity contribution is -0.147. The Kier molecular flexibility index (Phi) is 7.71. The number of carbonyl (C=O) groups is 3. The third kappa shape index (κ3) is 5.48. The molecule has 1 saturated carbocycles. The summed E-state index contributed by atoms with van der Waals surface area (Å²) in [5.74, 6) is 0.524. The molecule has 0 aromatic heterocycles. The maximum atomic E-state index is 13.0. The first-order valence-corrected chi connectivity index (χ1v) is 12.0. The van der Waals surface area contributed by atoms with E-state index in [1.807, 2.05) is 24.3 Å². The fourth-order valence-electron chi connectivity index (χ4n) is 5.36. The summed E-state index contributed by atoms with van der Waals surface area (Å²) in [7, 11) is 0. The van der Waals surface area contributed by atoms with E-state index < -0.39 is 18.6 Å². The van der Waals surface area contributed by atoms with Crippen LogP contribution in [0.25, 0.3) is 11.1 Å². The van der Waals surface area contributed by atoms with Gasteiger partial charge in [0.05, 0.1) is 6.54 Å². The quantitative estimate of drug-likeness (QED) is 0.566. The largest absolute Gasteiger partial charge is 0.480 e. The minimum Gasteiger partial charge on any atom is -0.480 e. The number of ether oxygens (including phenoxy) is 1. The van der Waals surface area contributed by atoms with Gasteiger partial charge in [0.15, 0.2) is 0 Å². The third-order valence-corrected chi connectivity index (χ3v) is 7.00. The van der Waals surface area contributed by atoms with E-state index in [4.69, 9.17) is 16.3 Å². The second-order valence-corrected chi connectivity index (χ2v) is 9.15. The standard InChI is InChI=1S/C28H30N2O5/c1-2-15-30(17-26(31)32)27(33)20-10-4-3-9-19(20)16-29-28(34)35-18-25-23-13-7-5-11-21(23)22-12-6-8-14-24(22)25/h1,5-8,11-14,19-20,25H,3-4,9-10,15-18H2,(H,29,34)(H,31,32)/t19-,20-/m1/s1. The van der Waals surface area contributed by atoms with Crippen LogP contribution in [0.4, 0.5) is 4.79 Å². The molecule has 2 atom stereocenters. The molecule has 4 rings (SSSR count). The molecular weight excluding hydrogens is 444 g/mol. The van der Waals surface area contributed by atoms with E-state index in [0.29, 0.717) is 13.0 Å². The number of aliphatic carboxylic acids is 1. The first kappa shape index (κ1) is 24.3. The summed E-state index contributed by atoms with van der Waals surface area (Å²) in [6.45, 7) is 0.0473. The maximum absolute atomic E-state index is 13.0. The Bertz CT molecular complexity index is 1090. The van der Waals surface area contributed by atoms with E-state index in [2.05, 4.69) is 35.5 Å². The van der Waals surface area contributed by atoms with Gasteiger partial charge in [0.1, 0.15) is 13.2 Å². The van der Waals surface area contributed by atoms with Gasteiger partial charge in [0.2, 0.25) is 5.91 Å². The molecule has 0 bridgehead atoms. The molecule has 2 amide bonds. The molecule has 2 aliphatic rings. The molecule has 2 aromatic carbocycles. The molecule has 35 heavy (non-hydrogen) atoms. The predicted molar refractivity (Wildman–Crippen MR) is 132 cm³/mol. The van der Waals surface area contributed by atoms with Gasteiger partial charge in [-0.15, -0.1) is 6.42 Å². The highest BCUT2D eigenvalue weighted by molar-refractivity contribution is 5.84. The van der Waals surface area contributed by atoms with Gasteiger partial charge < -0.3 is 20.1 Å². The van der Waals surface area contributed by atoms with Crippen molar-refractivity contribution >= 4 is 18.0 Å². The average Bonchev–Trinajstić information content (AvgIpc) is 3.19.